The van der Waals surface area contributed by atoms with Gasteiger partial charge in [-0.3, -0.25) is 0 Å². The molecule has 5 N–H and O–H groups in total. The van der Waals surface area contributed by atoms with Crippen molar-refractivity contribution in [2.45, 2.75) is 93.1 Å². The van der Waals surface area contributed by atoms with E-state index < -0.39 is 29.9 Å². The zero-order valence-corrected chi connectivity index (χ0v) is 15.3. The minimum atomic E-state index is -1.29. The van der Waals surface area contributed by atoms with Crippen molar-refractivity contribution in [2.75, 3.05) is 6.61 Å². The maximum atomic E-state index is 10.3. The molecule has 1 saturated heterocycles. The highest BCUT2D eigenvalue weighted by molar-refractivity contribution is 8.00. The van der Waals surface area contributed by atoms with Gasteiger partial charge in [-0.2, -0.15) is 0 Å². The number of hydrogen-bond acceptors (Lipinski definition) is 7. The quantitative estimate of drug-likeness (QED) is 0.477. The molecule has 0 bridgehead atoms. The first-order valence-electron chi connectivity index (χ1n) is 9.04. The highest BCUT2D eigenvalue weighted by Gasteiger charge is 2.48. The van der Waals surface area contributed by atoms with E-state index in [4.69, 9.17) is 4.74 Å². The van der Waals surface area contributed by atoms with E-state index in [2.05, 4.69) is 19.2 Å². The van der Waals surface area contributed by atoms with Crippen LogP contribution in [-0.4, -0.2) is 74.2 Å². The lowest BCUT2D eigenvalue weighted by Gasteiger charge is -2.41. The molecule has 1 aliphatic heterocycles. The molecule has 3 rings (SSSR count). The fourth-order valence-corrected chi connectivity index (χ4v) is 5.70. The second-order valence-corrected chi connectivity index (χ2v) is 9.55. The molecule has 0 amide bonds. The summed E-state index contributed by atoms with van der Waals surface area (Å²) in [6.45, 7) is 4.09. The predicted molar refractivity (Wildman–Crippen MR) is 92.7 cm³/mol. The predicted octanol–water partition coefficient (Wildman–Crippen LogP) is 0.219. The van der Waals surface area contributed by atoms with Crippen molar-refractivity contribution in [2.24, 2.45) is 5.41 Å². The second-order valence-electron chi connectivity index (χ2n) is 8.24. The first-order chi connectivity index (χ1) is 11.3. The van der Waals surface area contributed by atoms with Crippen molar-refractivity contribution in [3.8, 4) is 0 Å². The summed E-state index contributed by atoms with van der Waals surface area (Å²) in [5.41, 5.74) is -0.530. The van der Waals surface area contributed by atoms with E-state index in [1.165, 1.54) is 31.0 Å². The van der Waals surface area contributed by atoms with Crippen molar-refractivity contribution in [1.29, 1.82) is 0 Å². The lowest BCUT2D eigenvalue weighted by atomic mass is 9.90. The van der Waals surface area contributed by atoms with Gasteiger partial charge in [0, 0.05) is 17.3 Å². The molecule has 0 radical (unpaired) electrons. The molecule has 140 valence electrons. The van der Waals surface area contributed by atoms with Gasteiger partial charge in [-0.05, 0) is 31.1 Å². The molecule has 2 saturated carbocycles. The third-order valence-corrected chi connectivity index (χ3v) is 7.68. The third kappa shape index (κ3) is 3.77. The Balaban J connectivity index is 1.61. The first kappa shape index (κ1) is 18.9. The van der Waals surface area contributed by atoms with Crippen LogP contribution >= 0.6 is 11.8 Å². The van der Waals surface area contributed by atoms with Crippen molar-refractivity contribution in [1.82, 2.24) is 5.32 Å². The summed E-state index contributed by atoms with van der Waals surface area (Å²) in [5, 5.41) is 43.5. The molecule has 3 fully saturated rings. The Morgan fingerprint density at radius 2 is 1.79 bits per heavy atom. The Hall–Kier alpha value is 0.110. The number of hydrogen-bond donors (Lipinski definition) is 5. The summed E-state index contributed by atoms with van der Waals surface area (Å²) in [6.07, 6.45) is 1.38. The van der Waals surface area contributed by atoms with Gasteiger partial charge >= 0.3 is 0 Å². The Kier molecular flexibility index (Phi) is 5.81. The minimum Gasteiger partial charge on any atom is -0.394 e. The van der Waals surface area contributed by atoms with E-state index in [9.17, 15) is 20.4 Å². The van der Waals surface area contributed by atoms with Gasteiger partial charge in [0.05, 0.1) is 6.61 Å². The van der Waals surface area contributed by atoms with Crippen LogP contribution in [0.15, 0.2) is 0 Å². The van der Waals surface area contributed by atoms with E-state index in [0.29, 0.717) is 12.1 Å². The van der Waals surface area contributed by atoms with Crippen molar-refractivity contribution < 1.29 is 25.2 Å². The third-order valence-electron chi connectivity index (χ3n) is 5.87. The smallest absolute Gasteiger partial charge is 0.132 e. The van der Waals surface area contributed by atoms with E-state index >= 15 is 0 Å². The lowest BCUT2D eigenvalue weighted by molar-refractivity contribution is -0.205. The molecular formula is C17H31NO5S. The van der Waals surface area contributed by atoms with Crippen molar-refractivity contribution in [3.05, 3.63) is 0 Å². The summed E-state index contributed by atoms with van der Waals surface area (Å²) in [7, 11) is 0. The molecule has 3 aliphatic rings. The van der Waals surface area contributed by atoms with Crippen LogP contribution < -0.4 is 5.32 Å². The van der Waals surface area contributed by atoms with Crippen LogP contribution in [0.2, 0.25) is 0 Å². The standard InChI is InChI=1S/C17H31NO5S/c1-17(2)7-10(18-9-4-3-5-9)6-12(17)24-16-15(22)14(21)13(20)11(8-19)23-16/h9-16,18-22H,3-8H2,1-2H3/t10-,11+,12+,13-,14-,15+,16-/m0/s1. The van der Waals surface area contributed by atoms with Gasteiger partial charge in [0.15, 0.2) is 0 Å². The van der Waals surface area contributed by atoms with Crippen molar-refractivity contribution in [3.63, 3.8) is 0 Å². The normalized spacial score (nSPS) is 46.0. The van der Waals surface area contributed by atoms with E-state index in [0.717, 1.165) is 12.8 Å². The molecule has 7 atom stereocenters. The second kappa shape index (κ2) is 7.39. The van der Waals surface area contributed by atoms with Gasteiger partial charge in [-0.25, -0.2) is 0 Å². The largest absolute Gasteiger partial charge is 0.394 e. The van der Waals surface area contributed by atoms with Crippen LogP contribution in [0.25, 0.3) is 0 Å². The summed E-state index contributed by atoms with van der Waals surface area (Å²) < 4.78 is 5.67. The Morgan fingerprint density at radius 1 is 1.08 bits per heavy atom. The Morgan fingerprint density at radius 3 is 2.38 bits per heavy atom. The molecule has 0 aromatic carbocycles. The van der Waals surface area contributed by atoms with Gasteiger partial charge in [-0.1, -0.05) is 20.3 Å². The van der Waals surface area contributed by atoms with E-state index in [1.807, 2.05) is 0 Å². The minimum absolute atomic E-state index is 0.102. The summed E-state index contributed by atoms with van der Waals surface area (Å²) in [4.78, 5) is 0. The molecule has 7 heteroatoms. The SMILES string of the molecule is CC1(C)C[C@@H](NC2CCC2)C[C@H]1S[C@@H]1O[C@H](CO)[C@H](O)[C@H](O)[C@H]1O. The molecule has 6 nitrogen and oxygen atoms in total. The number of aliphatic hydroxyl groups excluding tert-OH is 4. The highest BCUT2D eigenvalue weighted by atomic mass is 32.2. The van der Waals surface area contributed by atoms with Gasteiger partial charge in [0.2, 0.25) is 0 Å². The summed E-state index contributed by atoms with van der Waals surface area (Å²) in [5.74, 6) is 0. The van der Waals surface area contributed by atoms with Gasteiger partial charge < -0.3 is 30.5 Å². The lowest BCUT2D eigenvalue weighted by Crippen LogP contribution is -2.58. The van der Waals surface area contributed by atoms with Crippen LogP contribution in [0.3, 0.4) is 0 Å². The number of thioether (sulfide) groups is 1. The van der Waals surface area contributed by atoms with Crippen LogP contribution in [-0.2, 0) is 4.74 Å². The zero-order chi connectivity index (χ0) is 17.5. The Bertz CT molecular complexity index is 431. The average Bonchev–Trinajstić information content (AvgIpc) is 2.77. The average molecular weight is 362 g/mol. The maximum absolute atomic E-state index is 10.3. The van der Waals surface area contributed by atoms with Gasteiger partial charge in [0.25, 0.3) is 0 Å². The first-order valence-corrected chi connectivity index (χ1v) is 9.98. The highest BCUT2D eigenvalue weighted by Crippen LogP contribution is 2.48. The zero-order valence-electron chi connectivity index (χ0n) is 14.5. The number of rotatable bonds is 5. The summed E-state index contributed by atoms with van der Waals surface area (Å²) in [6, 6.07) is 1.13. The van der Waals surface area contributed by atoms with Crippen molar-refractivity contribution >= 4 is 11.8 Å². The monoisotopic (exact) mass is 361 g/mol. The number of nitrogens with one attached hydrogen (secondary N) is 1. The molecule has 0 unspecified atom stereocenters. The Labute approximate surface area is 148 Å². The van der Waals surface area contributed by atoms with E-state index in [-0.39, 0.29) is 17.3 Å². The fourth-order valence-electron chi connectivity index (χ4n) is 4.04. The molecule has 24 heavy (non-hydrogen) atoms. The molecule has 0 aromatic heterocycles. The molecule has 1 heterocycles. The fraction of sp³-hybridized carbons (Fsp3) is 1.00. The van der Waals surface area contributed by atoms with Gasteiger partial charge in [0.1, 0.15) is 29.9 Å². The maximum Gasteiger partial charge on any atom is 0.132 e. The van der Waals surface area contributed by atoms with Crippen LogP contribution in [0, 0.1) is 5.41 Å². The number of ether oxygens (including phenoxy) is 1. The number of aliphatic hydroxyl groups is 4. The summed E-state index contributed by atoms with van der Waals surface area (Å²) >= 11 is 1.53. The van der Waals surface area contributed by atoms with Crippen LogP contribution in [0.5, 0.6) is 0 Å². The molecular weight excluding hydrogens is 330 g/mol. The van der Waals surface area contributed by atoms with Crippen LogP contribution in [0.1, 0.15) is 46.0 Å². The topological polar surface area (TPSA) is 102 Å². The van der Waals surface area contributed by atoms with Gasteiger partial charge in [-0.15, -0.1) is 11.8 Å². The molecule has 2 aliphatic carbocycles. The van der Waals surface area contributed by atoms with E-state index in [1.54, 1.807) is 0 Å². The molecule has 0 spiro atoms. The van der Waals surface area contributed by atoms with Crippen LogP contribution in [0.4, 0.5) is 0 Å². The molecule has 0 aromatic rings.